The highest BCUT2D eigenvalue weighted by Gasteiger charge is 2.34. The second-order valence-corrected chi connectivity index (χ2v) is 7.99. The summed E-state index contributed by atoms with van der Waals surface area (Å²) in [5, 5.41) is 0. The highest BCUT2D eigenvalue weighted by molar-refractivity contribution is 5.48. The third-order valence-electron chi connectivity index (χ3n) is 5.72. The van der Waals surface area contributed by atoms with E-state index in [0.29, 0.717) is 18.4 Å². The van der Waals surface area contributed by atoms with Gasteiger partial charge in [0.25, 0.3) is 0 Å². The number of hydrogen-bond acceptors (Lipinski definition) is 6. The molecule has 1 fully saturated rings. The van der Waals surface area contributed by atoms with E-state index in [9.17, 15) is 26.7 Å². The topological polar surface area (TPSA) is 69.5 Å². The lowest BCUT2D eigenvalue weighted by Crippen LogP contribution is -2.24. The molecule has 0 unspecified atom stereocenters. The van der Waals surface area contributed by atoms with Crippen molar-refractivity contribution in [3.05, 3.63) is 69.9 Å². The second kappa shape index (κ2) is 8.26. The Morgan fingerprint density at radius 1 is 1.12 bits per heavy atom. The van der Waals surface area contributed by atoms with Gasteiger partial charge < -0.3 is 14.4 Å². The molecule has 1 aromatic carbocycles. The maximum atomic E-state index is 14.5. The lowest BCUT2D eigenvalue weighted by molar-refractivity contribution is -0.141. The Bertz CT molecular complexity index is 1270. The Balaban J connectivity index is 1.30. The summed E-state index contributed by atoms with van der Waals surface area (Å²) in [4.78, 5) is 21.5. The zero-order valence-electron chi connectivity index (χ0n) is 17.5. The fourth-order valence-electron chi connectivity index (χ4n) is 4.17. The lowest BCUT2D eigenvalue weighted by atomic mass is 10.2. The Morgan fingerprint density at radius 2 is 1.88 bits per heavy atom. The number of fused-ring (bicyclic) bond motifs is 3. The quantitative estimate of drug-likeness (QED) is 0.508. The molecule has 3 aromatic rings. The van der Waals surface area contributed by atoms with Crippen molar-refractivity contribution in [2.45, 2.75) is 38.2 Å². The van der Waals surface area contributed by atoms with Crippen molar-refractivity contribution in [2.75, 3.05) is 11.4 Å². The largest absolute Gasteiger partial charge is 0.473 e. The van der Waals surface area contributed by atoms with E-state index in [1.807, 2.05) is 0 Å². The summed E-state index contributed by atoms with van der Waals surface area (Å²) in [5.41, 5.74) is -1.50. The van der Waals surface area contributed by atoms with Gasteiger partial charge in [-0.3, -0.25) is 4.57 Å². The molecule has 178 valence electrons. The number of nitrogens with zero attached hydrogens (tertiary/aromatic N) is 4. The predicted octanol–water partition coefficient (Wildman–Crippen LogP) is 4.29. The maximum absolute atomic E-state index is 14.5. The van der Waals surface area contributed by atoms with Crippen molar-refractivity contribution in [3.8, 4) is 17.4 Å². The molecule has 2 aliphatic heterocycles. The zero-order chi connectivity index (χ0) is 24.0. The zero-order valence-corrected chi connectivity index (χ0v) is 17.5. The predicted molar refractivity (Wildman–Crippen MR) is 109 cm³/mol. The Labute approximate surface area is 189 Å². The molecule has 0 amide bonds. The Hall–Kier alpha value is -3.70. The summed E-state index contributed by atoms with van der Waals surface area (Å²) < 4.78 is 78.9. The van der Waals surface area contributed by atoms with Crippen molar-refractivity contribution in [3.63, 3.8) is 0 Å². The summed E-state index contributed by atoms with van der Waals surface area (Å²) in [6, 6.07) is 5.38. The molecular weight excluding hydrogens is 463 g/mol. The van der Waals surface area contributed by atoms with E-state index in [0.717, 1.165) is 43.8 Å². The fraction of sp³-hybridized carbons (Fsp3) is 0.318. The average Bonchev–Trinajstić information content (AvgIpc) is 3.37. The van der Waals surface area contributed by atoms with Gasteiger partial charge in [-0.1, -0.05) is 0 Å². The van der Waals surface area contributed by atoms with Gasteiger partial charge >= 0.3 is 11.9 Å². The molecule has 0 aliphatic carbocycles. The molecule has 12 heteroatoms. The number of pyridine rings is 1. The van der Waals surface area contributed by atoms with Crippen LogP contribution < -0.4 is 20.1 Å². The second-order valence-electron chi connectivity index (χ2n) is 7.99. The van der Waals surface area contributed by atoms with Crippen molar-refractivity contribution in [1.82, 2.24) is 14.5 Å². The molecular formula is C22H17F5N4O3. The minimum absolute atomic E-state index is 0.0424. The third kappa shape index (κ3) is 4.15. The minimum atomic E-state index is -4.65. The van der Waals surface area contributed by atoms with Crippen LogP contribution in [-0.2, 0) is 19.3 Å². The fourth-order valence-corrected chi connectivity index (χ4v) is 4.17. The van der Waals surface area contributed by atoms with Crippen molar-refractivity contribution < 1.29 is 31.4 Å². The van der Waals surface area contributed by atoms with Crippen LogP contribution in [0.15, 0.2) is 41.3 Å². The van der Waals surface area contributed by atoms with E-state index in [1.165, 1.54) is 0 Å². The lowest BCUT2D eigenvalue weighted by Gasteiger charge is -2.17. The third-order valence-corrected chi connectivity index (χ3v) is 5.72. The number of rotatable bonds is 5. The first-order chi connectivity index (χ1) is 16.2. The van der Waals surface area contributed by atoms with Gasteiger partial charge in [-0.2, -0.15) is 18.2 Å². The van der Waals surface area contributed by atoms with Gasteiger partial charge in [-0.05, 0) is 42.7 Å². The number of alkyl halides is 3. The summed E-state index contributed by atoms with van der Waals surface area (Å²) in [6.45, 7) is 1.14. The van der Waals surface area contributed by atoms with E-state index < -0.39 is 34.9 Å². The summed E-state index contributed by atoms with van der Waals surface area (Å²) in [5.74, 6) is -2.47. The summed E-state index contributed by atoms with van der Waals surface area (Å²) in [6.07, 6.45) is -1.90. The van der Waals surface area contributed by atoms with Crippen LogP contribution in [0.4, 0.5) is 27.8 Å². The van der Waals surface area contributed by atoms with Crippen molar-refractivity contribution in [2.24, 2.45) is 0 Å². The maximum Gasteiger partial charge on any atom is 0.433 e. The van der Waals surface area contributed by atoms with Crippen molar-refractivity contribution in [1.29, 1.82) is 0 Å². The van der Waals surface area contributed by atoms with Gasteiger partial charge in [0.1, 0.15) is 23.9 Å². The monoisotopic (exact) mass is 480 g/mol. The summed E-state index contributed by atoms with van der Waals surface area (Å²) in [7, 11) is 0. The van der Waals surface area contributed by atoms with Gasteiger partial charge in [-0.15, -0.1) is 0 Å². The van der Waals surface area contributed by atoms with Crippen LogP contribution in [0.25, 0.3) is 0 Å². The molecule has 0 saturated carbocycles. The molecule has 0 bridgehead atoms. The molecule has 0 N–H and O–H groups in total. The van der Waals surface area contributed by atoms with Gasteiger partial charge in [-0.25, -0.2) is 18.6 Å². The minimum Gasteiger partial charge on any atom is -0.473 e. The number of ether oxygens (including phenoxy) is 2. The molecule has 2 aromatic heterocycles. The van der Waals surface area contributed by atoms with Crippen LogP contribution in [0.2, 0.25) is 0 Å². The Kier molecular flexibility index (Phi) is 5.37. The Morgan fingerprint density at radius 3 is 2.56 bits per heavy atom. The molecule has 34 heavy (non-hydrogen) atoms. The molecule has 7 nitrogen and oxygen atoms in total. The van der Waals surface area contributed by atoms with Gasteiger partial charge in [0.2, 0.25) is 5.88 Å². The van der Waals surface area contributed by atoms with E-state index in [-0.39, 0.29) is 29.8 Å². The van der Waals surface area contributed by atoms with Gasteiger partial charge in [0.05, 0.1) is 6.20 Å². The highest BCUT2D eigenvalue weighted by atomic mass is 19.4. The number of halogens is 5. The van der Waals surface area contributed by atoms with Gasteiger partial charge in [0.15, 0.2) is 17.4 Å². The summed E-state index contributed by atoms with van der Waals surface area (Å²) >= 11 is 0. The number of hydrogen-bond donors (Lipinski definition) is 0. The first-order valence-corrected chi connectivity index (χ1v) is 10.4. The van der Waals surface area contributed by atoms with Crippen LogP contribution in [0.3, 0.4) is 0 Å². The molecule has 1 atom stereocenters. The number of aromatic nitrogens is 3. The van der Waals surface area contributed by atoms with Crippen LogP contribution in [-0.4, -0.2) is 27.1 Å². The van der Waals surface area contributed by atoms with E-state index >= 15 is 0 Å². The standard InChI is InChI=1S/C22H17F5N4O3/c23-15-6-12(7-16(24)20(15)34-14-3-4-17(28-9-14)22(25,26)27)11-33-18-8-19-30-5-1-2-13(30)10-31(19)21(32)29-18/h3-4,6-9,13H,1-2,5,10-11H2/t13-/m1/s1. The normalized spacial score (nSPS) is 17.0. The number of anilines is 1. The number of benzene rings is 1. The first-order valence-electron chi connectivity index (χ1n) is 10.4. The van der Waals surface area contributed by atoms with Crippen LogP contribution >= 0.6 is 0 Å². The molecule has 4 heterocycles. The molecule has 5 rings (SSSR count). The van der Waals surface area contributed by atoms with Crippen LogP contribution in [0.1, 0.15) is 24.1 Å². The SMILES string of the molecule is O=c1nc(OCc2cc(F)c(Oc3ccc(C(F)(F)F)nc3)c(F)c2)cc2n1C[C@H]1CCCN21. The molecule has 0 radical (unpaired) electrons. The van der Waals surface area contributed by atoms with E-state index in [1.54, 1.807) is 10.6 Å². The van der Waals surface area contributed by atoms with Crippen LogP contribution in [0, 0.1) is 11.6 Å². The molecule has 0 spiro atoms. The average molecular weight is 480 g/mol. The van der Waals surface area contributed by atoms with Crippen molar-refractivity contribution >= 4 is 5.82 Å². The van der Waals surface area contributed by atoms with Crippen LogP contribution in [0.5, 0.6) is 17.4 Å². The van der Waals surface area contributed by atoms with E-state index in [2.05, 4.69) is 14.9 Å². The van der Waals surface area contributed by atoms with Gasteiger partial charge in [0, 0.05) is 25.2 Å². The van der Waals surface area contributed by atoms with E-state index in [4.69, 9.17) is 9.47 Å². The molecule has 1 saturated heterocycles. The first kappa shape index (κ1) is 22.1. The molecule has 2 aliphatic rings. The highest BCUT2D eigenvalue weighted by Crippen LogP contribution is 2.34. The smallest absolute Gasteiger partial charge is 0.433 e.